The molecule has 10 heteroatoms. The Labute approximate surface area is 148 Å². The SMILES string of the molecule is O=S(=O)(O)c1cc(S(=O)(=O)O)c2cc(OCCCCBr)ccc2c1. The van der Waals surface area contributed by atoms with E-state index in [1.807, 2.05) is 0 Å². The van der Waals surface area contributed by atoms with Crippen molar-refractivity contribution in [2.75, 3.05) is 11.9 Å². The first-order valence-electron chi connectivity index (χ1n) is 6.84. The smallest absolute Gasteiger partial charge is 0.295 e. The molecule has 7 nitrogen and oxygen atoms in total. The molecule has 0 amide bonds. The molecule has 0 saturated heterocycles. The zero-order valence-electron chi connectivity index (χ0n) is 12.3. The second-order valence-corrected chi connectivity index (χ2v) is 8.60. The molecule has 132 valence electrons. The summed E-state index contributed by atoms with van der Waals surface area (Å²) >= 11 is 3.30. The predicted molar refractivity (Wildman–Crippen MR) is 92.1 cm³/mol. The molecular weight excluding hydrogens is 424 g/mol. The molecule has 0 aliphatic carbocycles. The summed E-state index contributed by atoms with van der Waals surface area (Å²) < 4.78 is 69.7. The van der Waals surface area contributed by atoms with Gasteiger partial charge < -0.3 is 4.74 Å². The van der Waals surface area contributed by atoms with E-state index in [0.29, 0.717) is 18.4 Å². The van der Waals surface area contributed by atoms with E-state index >= 15 is 0 Å². The van der Waals surface area contributed by atoms with Crippen molar-refractivity contribution in [2.45, 2.75) is 22.6 Å². The maximum atomic E-state index is 11.6. The first-order valence-corrected chi connectivity index (χ1v) is 10.8. The largest absolute Gasteiger partial charge is 0.494 e. The number of halogens is 1. The fourth-order valence-electron chi connectivity index (χ4n) is 2.12. The first kappa shape index (κ1) is 19.1. The van der Waals surface area contributed by atoms with Gasteiger partial charge in [0.05, 0.1) is 11.5 Å². The molecule has 0 bridgehead atoms. The molecule has 0 heterocycles. The number of benzene rings is 2. The van der Waals surface area contributed by atoms with Gasteiger partial charge in [0.15, 0.2) is 0 Å². The highest BCUT2D eigenvalue weighted by Gasteiger charge is 2.20. The molecule has 0 aliphatic rings. The predicted octanol–water partition coefficient (Wildman–Crippen LogP) is 2.89. The molecule has 0 aromatic heterocycles. The van der Waals surface area contributed by atoms with Crippen LogP contribution in [0.3, 0.4) is 0 Å². The van der Waals surface area contributed by atoms with Crippen molar-refractivity contribution in [3.63, 3.8) is 0 Å². The minimum absolute atomic E-state index is 0.0999. The molecule has 0 atom stereocenters. The monoisotopic (exact) mass is 438 g/mol. The van der Waals surface area contributed by atoms with Gasteiger partial charge in [-0.25, -0.2) is 0 Å². The van der Waals surface area contributed by atoms with Crippen molar-refractivity contribution in [3.8, 4) is 5.75 Å². The highest BCUT2D eigenvalue weighted by atomic mass is 79.9. The summed E-state index contributed by atoms with van der Waals surface area (Å²) in [6, 6.07) is 6.24. The molecule has 0 aliphatic heterocycles. The van der Waals surface area contributed by atoms with Crippen molar-refractivity contribution in [2.24, 2.45) is 0 Å². The van der Waals surface area contributed by atoms with Crippen LogP contribution < -0.4 is 4.74 Å². The summed E-state index contributed by atoms with van der Waals surface area (Å²) in [5, 5.41) is 1.17. The zero-order valence-corrected chi connectivity index (χ0v) is 15.6. The fourth-order valence-corrected chi connectivity index (χ4v) is 3.86. The summed E-state index contributed by atoms with van der Waals surface area (Å²) in [7, 11) is -9.31. The van der Waals surface area contributed by atoms with Crippen molar-refractivity contribution in [1.82, 2.24) is 0 Å². The van der Waals surface area contributed by atoms with Crippen LogP contribution in [0.25, 0.3) is 10.8 Å². The molecule has 0 unspecified atom stereocenters. The average molecular weight is 439 g/mol. The van der Waals surface area contributed by atoms with E-state index in [0.717, 1.165) is 24.2 Å². The van der Waals surface area contributed by atoms with E-state index in [4.69, 9.17) is 9.29 Å². The highest BCUT2D eigenvalue weighted by molar-refractivity contribution is 9.09. The quantitative estimate of drug-likeness (QED) is 0.387. The Balaban J connectivity index is 2.54. The summed E-state index contributed by atoms with van der Waals surface area (Å²) in [5.41, 5.74) is 0. The molecule has 0 radical (unpaired) electrons. The molecule has 2 aromatic carbocycles. The summed E-state index contributed by atoms with van der Waals surface area (Å²) in [5.74, 6) is 0.390. The molecule has 0 saturated carbocycles. The van der Waals surface area contributed by atoms with Gasteiger partial charge in [0.25, 0.3) is 20.2 Å². The van der Waals surface area contributed by atoms with Crippen molar-refractivity contribution in [1.29, 1.82) is 0 Å². The van der Waals surface area contributed by atoms with E-state index in [1.54, 1.807) is 6.07 Å². The number of hydrogen-bond acceptors (Lipinski definition) is 5. The lowest BCUT2D eigenvalue weighted by atomic mass is 10.1. The van der Waals surface area contributed by atoms with Crippen LogP contribution in [0.2, 0.25) is 0 Å². The number of hydrogen-bond donors (Lipinski definition) is 2. The molecule has 2 rings (SSSR count). The van der Waals surface area contributed by atoms with Crippen LogP contribution in [0, 0.1) is 0 Å². The number of ether oxygens (including phenoxy) is 1. The van der Waals surface area contributed by atoms with Crippen LogP contribution in [-0.4, -0.2) is 37.9 Å². The van der Waals surface area contributed by atoms with Crippen LogP contribution in [-0.2, 0) is 20.2 Å². The van der Waals surface area contributed by atoms with Crippen LogP contribution in [0.5, 0.6) is 5.75 Å². The Morgan fingerprint density at radius 2 is 1.67 bits per heavy atom. The van der Waals surface area contributed by atoms with E-state index in [-0.39, 0.29) is 10.8 Å². The van der Waals surface area contributed by atoms with Crippen LogP contribution in [0.1, 0.15) is 12.8 Å². The summed E-state index contributed by atoms with van der Waals surface area (Å²) in [4.78, 5) is -1.23. The number of unbranched alkanes of at least 4 members (excludes halogenated alkanes) is 1. The van der Waals surface area contributed by atoms with Crippen molar-refractivity contribution in [3.05, 3.63) is 30.3 Å². The van der Waals surface area contributed by atoms with Crippen LogP contribution >= 0.6 is 15.9 Å². The standard InChI is InChI=1S/C14H15BrO7S2/c15-5-1-2-6-22-11-4-3-10-7-12(23(16,17)18)9-14(13(10)8-11)24(19,20)21/h3-4,7-9H,1-2,5-6H2,(H,16,17,18)(H,19,20,21). The van der Waals surface area contributed by atoms with Gasteiger partial charge >= 0.3 is 0 Å². The van der Waals surface area contributed by atoms with Gasteiger partial charge in [0.2, 0.25) is 0 Å². The van der Waals surface area contributed by atoms with Gasteiger partial charge in [0, 0.05) is 10.7 Å². The molecular formula is C14H15BrO7S2. The molecule has 0 fully saturated rings. The van der Waals surface area contributed by atoms with Gasteiger partial charge in [-0.2, -0.15) is 16.8 Å². The normalized spacial score (nSPS) is 12.5. The lowest BCUT2D eigenvalue weighted by molar-refractivity contribution is 0.310. The Kier molecular flexibility index (Phi) is 5.87. The van der Waals surface area contributed by atoms with E-state index in [2.05, 4.69) is 15.9 Å². The third-order valence-corrected chi connectivity index (χ3v) is 5.52. The van der Waals surface area contributed by atoms with E-state index < -0.39 is 30.0 Å². The van der Waals surface area contributed by atoms with Gasteiger partial charge in [-0.15, -0.1) is 0 Å². The Hall–Kier alpha value is -1.20. The number of rotatable bonds is 7. The maximum absolute atomic E-state index is 11.6. The second kappa shape index (κ2) is 7.36. The lowest BCUT2D eigenvalue weighted by Gasteiger charge is -2.10. The van der Waals surface area contributed by atoms with Crippen molar-refractivity contribution >= 4 is 46.9 Å². The Morgan fingerprint density at radius 3 is 2.25 bits per heavy atom. The topological polar surface area (TPSA) is 118 Å². The van der Waals surface area contributed by atoms with Gasteiger partial charge in [-0.05, 0) is 42.5 Å². The third-order valence-electron chi connectivity index (χ3n) is 3.23. The molecule has 2 aromatic rings. The van der Waals surface area contributed by atoms with Gasteiger partial charge in [-0.3, -0.25) is 9.11 Å². The van der Waals surface area contributed by atoms with E-state index in [9.17, 15) is 21.4 Å². The number of alkyl halides is 1. The molecule has 24 heavy (non-hydrogen) atoms. The fraction of sp³-hybridized carbons (Fsp3) is 0.286. The summed E-state index contributed by atoms with van der Waals surface area (Å²) in [6.45, 7) is 0.432. The van der Waals surface area contributed by atoms with E-state index in [1.165, 1.54) is 12.1 Å². The molecule has 0 spiro atoms. The molecule has 2 N–H and O–H groups in total. The minimum Gasteiger partial charge on any atom is -0.494 e. The van der Waals surface area contributed by atoms with Crippen molar-refractivity contribution < 1.29 is 30.7 Å². The maximum Gasteiger partial charge on any atom is 0.295 e. The minimum atomic E-state index is -4.70. The second-order valence-electron chi connectivity index (χ2n) is 5.00. The third kappa shape index (κ3) is 4.67. The Bertz CT molecular complexity index is 952. The van der Waals surface area contributed by atoms with Crippen LogP contribution in [0.4, 0.5) is 0 Å². The highest BCUT2D eigenvalue weighted by Crippen LogP contribution is 2.30. The Morgan fingerprint density at radius 1 is 0.958 bits per heavy atom. The zero-order chi connectivity index (χ0) is 18.0. The first-order chi connectivity index (χ1) is 11.1. The average Bonchev–Trinajstić information content (AvgIpc) is 2.48. The van der Waals surface area contributed by atoms with Gasteiger partial charge in [0.1, 0.15) is 10.6 Å². The van der Waals surface area contributed by atoms with Crippen LogP contribution in [0.15, 0.2) is 40.1 Å². The number of fused-ring (bicyclic) bond motifs is 1. The summed E-state index contributed by atoms with van der Waals surface area (Å²) in [6.07, 6.45) is 1.72. The van der Waals surface area contributed by atoms with Gasteiger partial charge in [-0.1, -0.05) is 22.0 Å². The lowest BCUT2D eigenvalue weighted by Crippen LogP contribution is -2.05.